The molecule has 0 spiro atoms. The van der Waals surface area contributed by atoms with Crippen LogP contribution < -0.4 is 10.1 Å². The summed E-state index contributed by atoms with van der Waals surface area (Å²) in [7, 11) is 0. The first kappa shape index (κ1) is 17.5. The third-order valence-corrected chi connectivity index (χ3v) is 5.93. The van der Waals surface area contributed by atoms with Crippen LogP contribution in [0.25, 0.3) is 27.9 Å². The number of hydrogen-bond acceptors (Lipinski definition) is 7. The predicted molar refractivity (Wildman–Crippen MR) is 108 cm³/mol. The highest BCUT2D eigenvalue weighted by Crippen LogP contribution is 2.29. The normalized spacial score (nSPS) is 21.4. The van der Waals surface area contributed by atoms with Gasteiger partial charge in [0.1, 0.15) is 29.0 Å². The molecule has 6 rings (SSSR count). The van der Waals surface area contributed by atoms with E-state index in [2.05, 4.69) is 15.0 Å². The minimum Gasteiger partial charge on any atom is -0.492 e. The van der Waals surface area contributed by atoms with E-state index < -0.39 is 0 Å². The molecule has 2 aliphatic rings. The van der Waals surface area contributed by atoms with Crippen LogP contribution in [-0.4, -0.2) is 57.9 Å². The van der Waals surface area contributed by atoms with Crippen LogP contribution >= 0.6 is 0 Å². The van der Waals surface area contributed by atoms with E-state index in [1.54, 1.807) is 12.4 Å². The van der Waals surface area contributed by atoms with Gasteiger partial charge < -0.3 is 23.5 Å². The zero-order valence-corrected chi connectivity index (χ0v) is 16.1. The fourth-order valence-corrected chi connectivity index (χ4v) is 4.12. The van der Waals surface area contributed by atoms with Crippen LogP contribution in [0.5, 0.6) is 5.75 Å². The molecule has 0 amide bonds. The largest absolute Gasteiger partial charge is 0.492 e. The fraction of sp³-hybridized carbons (Fsp3) is 0.273. The SMILES string of the molecule is ON=c1cc(-c2cc3cccn3cn2)oc2ccc(OCCN3CC4OC[C@H]43)cc12. The molecule has 0 bridgehead atoms. The quantitative estimate of drug-likeness (QED) is 0.406. The second kappa shape index (κ2) is 6.86. The standard InChI is InChI=1S/C22H20N4O4/c27-24-17-10-21(18-8-14-2-1-5-26(14)13-23-18)30-20-4-3-15(9-16(17)20)28-7-6-25-11-22-19(25)12-29-22/h1-5,8-10,13,19,22,27H,6-7,11-12H2/t19-,22?/m1/s1. The third-order valence-electron chi connectivity index (χ3n) is 5.93. The van der Waals surface area contributed by atoms with Crippen molar-refractivity contribution >= 4 is 16.5 Å². The lowest BCUT2D eigenvalue weighted by Gasteiger charge is -2.54. The summed E-state index contributed by atoms with van der Waals surface area (Å²) in [5.41, 5.74) is 2.27. The molecule has 0 aliphatic carbocycles. The number of nitrogens with zero attached hydrogens (tertiary/aromatic N) is 4. The van der Waals surface area contributed by atoms with Crippen LogP contribution in [-0.2, 0) is 4.74 Å². The molecule has 2 aliphatic heterocycles. The first-order valence-electron chi connectivity index (χ1n) is 9.96. The van der Waals surface area contributed by atoms with Crippen molar-refractivity contribution in [1.29, 1.82) is 0 Å². The van der Waals surface area contributed by atoms with Crippen LogP contribution in [0.2, 0.25) is 0 Å². The van der Waals surface area contributed by atoms with Crippen molar-refractivity contribution < 1.29 is 19.1 Å². The van der Waals surface area contributed by atoms with E-state index in [-0.39, 0.29) is 0 Å². The van der Waals surface area contributed by atoms with Gasteiger partial charge in [0, 0.05) is 30.9 Å². The maximum absolute atomic E-state index is 9.58. The maximum atomic E-state index is 9.58. The highest BCUT2D eigenvalue weighted by molar-refractivity contribution is 5.80. The molecule has 0 radical (unpaired) electrons. The molecule has 2 atom stereocenters. The molecule has 1 aromatic carbocycles. The minimum atomic E-state index is 0.408. The molecule has 1 unspecified atom stereocenters. The number of aromatic nitrogens is 2. The van der Waals surface area contributed by atoms with Gasteiger partial charge in [-0.2, -0.15) is 0 Å². The molecule has 3 aromatic heterocycles. The van der Waals surface area contributed by atoms with Crippen molar-refractivity contribution in [3.8, 4) is 17.2 Å². The van der Waals surface area contributed by atoms with Gasteiger partial charge in [0.15, 0.2) is 5.76 Å². The van der Waals surface area contributed by atoms with Gasteiger partial charge in [0.25, 0.3) is 0 Å². The molecule has 8 heteroatoms. The fourth-order valence-electron chi connectivity index (χ4n) is 4.12. The second-order valence-electron chi connectivity index (χ2n) is 7.65. The molecule has 1 N–H and O–H groups in total. The molecule has 5 heterocycles. The number of morpholine rings is 1. The Balaban J connectivity index is 1.26. The second-order valence-corrected chi connectivity index (χ2v) is 7.65. The maximum Gasteiger partial charge on any atom is 0.155 e. The molecule has 4 aromatic rings. The Morgan fingerprint density at radius 1 is 1.23 bits per heavy atom. The number of hydrogen-bond donors (Lipinski definition) is 1. The van der Waals surface area contributed by atoms with Gasteiger partial charge in [0.2, 0.25) is 0 Å². The van der Waals surface area contributed by atoms with Gasteiger partial charge in [-0.3, -0.25) is 4.90 Å². The minimum absolute atomic E-state index is 0.408. The number of fused-ring (bicyclic) bond motifs is 3. The first-order chi connectivity index (χ1) is 14.8. The number of rotatable bonds is 5. The summed E-state index contributed by atoms with van der Waals surface area (Å²) in [6, 6.07) is 13.7. The highest BCUT2D eigenvalue weighted by Gasteiger charge is 2.46. The van der Waals surface area contributed by atoms with E-state index >= 15 is 0 Å². The number of ether oxygens (including phenoxy) is 2. The number of likely N-dealkylation sites (tertiary alicyclic amines) is 1. The highest BCUT2D eigenvalue weighted by atomic mass is 16.5. The van der Waals surface area contributed by atoms with Gasteiger partial charge >= 0.3 is 0 Å². The van der Waals surface area contributed by atoms with Gasteiger partial charge in [-0.1, -0.05) is 5.16 Å². The summed E-state index contributed by atoms with van der Waals surface area (Å²) in [6.07, 6.45) is 4.09. The van der Waals surface area contributed by atoms with Gasteiger partial charge in [-0.05, 0) is 36.4 Å². The molecule has 2 saturated heterocycles. The van der Waals surface area contributed by atoms with Crippen molar-refractivity contribution in [2.24, 2.45) is 5.16 Å². The molecule has 152 valence electrons. The van der Waals surface area contributed by atoms with E-state index in [1.165, 1.54) is 0 Å². The summed E-state index contributed by atoms with van der Waals surface area (Å²) in [5.74, 6) is 1.24. The van der Waals surface area contributed by atoms with Gasteiger partial charge in [0.05, 0.1) is 30.5 Å². The van der Waals surface area contributed by atoms with Crippen LogP contribution in [0.4, 0.5) is 0 Å². The topological polar surface area (TPSA) is 84.7 Å². The number of benzene rings is 1. The molecule has 8 nitrogen and oxygen atoms in total. The Kier molecular flexibility index (Phi) is 4.00. The smallest absolute Gasteiger partial charge is 0.155 e. The Hall–Kier alpha value is -3.36. The van der Waals surface area contributed by atoms with E-state index in [4.69, 9.17) is 13.9 Å². The van der Waals surface area contributed by atoms with Gasteiger partial charge in [-0.25, -0.2) is 4.98 Å². The average Bonchev–Trinajstić information content (AvgIpc) is 3.23. The van der Waals surface area contributed by atoms with Crippen molar-refractivity contribution in [1.82, 2.24) is 14.3 Å². The average molecular weight is 404 g/mol. The van der Waals surface area contributed by atoms with Crippen molar-refractivity contribution in [3.05, 3.63) is 60.3 Å². The Morgan fingerprint density at radius 3 is 3.00 bits per heavy atom. The molecular formula is C22H20N4O4. The van der Waals surface area contributed by atoms with Crippen LogP contribution in [0, 0.1) is 0 Å². The monoisotopic (exact) mass is 404 g/mol. The van der Waals surface area contributed by atoms with E-state index in [0.29, 0.717) is 52.3 Å². The van der Waals surface area contributed by atoms with Gasteiger partial charge in [-0.15, -0.1) is 0 Å². The first-order valence-corrected chi connectivity index (χ1v) is 9.96. The Labute approximate surface area is 171 Å². The van der Waals surface area contributed by atoms with Crippen LogP contribution in [0.15, 0.2) is 64.6 Å². The summed E-state index contributed by atoms with van der Waals surface area (Å²) in [4.78, 5) is 6.82. The Bertz CT molecular complexity index is 1310. The van der Waals surface area contributed by atoms with E-state index in [9.17, 15) is 5.21 Å². The van der Waals surface area contributed by atoms with Crippen LogP contribution in [0.1, 0.15) is 0 Å². The lowest BCUT2D eigenvalue weighted by atomic mass is 9.95. The van der Waals surface area contributed by atoms with Crippen molar-refractivity contribution in [3.63, 3.8) is 0 Å². The Morgan fingerprint density at radius 2 is 2.20 bits per heavy atom. The van der Waals surface area contributed by atoms with E-state index in [0.717, 1.165) is 25.2 Å². The summed E-state index contributed by atoms with van der Waals surface area (Å²) in [6.45, 7) is 3.29. The third kappa shape index (κ3) is 2.84. The van der Waals surface area contributed by atoms with E-state index in [1.807, 2.05) is 47.0 Å². The summed E-state index contributed by atoms with van der Waals surface area (Å²) >= 11 is 0. The lowest BCUT2D eigenvalue weighted by Crippen LogP contribution is -2.70. The van der Waals surface area contributed by atoms with Crippen molar-refractivity contribution in [2.45, 2.75) is 12.1 Å². The molecular weight excluding hydrogens is 384 g/mol. The zero-order valence-electron chi connectivity index (χ0n) is 16.1. The summed E-state index contributed by atoms with van der Waals surface area (Å²) in [5, 5.41) is 14.1. The van der Waals surface area contributed by atoms with Crippen LogP contribution in [0.3, 0.4) is 0 Å². The zero-order chi connectivity index (χ0) is 20.1. The molecule has 30 heavy (non-hydrogen) atoms. The summed E-state index contributed by atoms with van der Waals surface area (Å²) < 4.78 is 19.3. The molecule has 0 saturated carbocycles. The van der Waals surface area contributed by atoms with Crippen molar-refractivity contribution in [2.75, 3.05) is 26.3 Å². The lowest BCUT2D eigenvalue weighted by molar-refractivity contribution is -0.215. The predicted octanol–water partition coefficient (Wildman–Crippen LogP) is 2.50. The molecule has 2 fully saturated rings.